The van der Waals surface area contributed by atoms with Crippen LogP contribution < -0.4 is 5.32 Å². The summed E-state index contributed by atoms with van der Waals surface area (Å²) in [4.78, 5) is 10.7. The molecule has 7 nitrogen and oxygen atoms in total. The summed E-state index contributed by atoms with van der Waals surface area (Å²) in [7, 11) is 0. The first-order chi connectivity index (χ1) is 8.86. The van der Waals surface area contributed by atoms with Crippen LogP contribution in [-0.4, -0.2) is 70.0 Å². The maximum Gasteiger partial charge on any atom is 0.372 e. The second-order valence-corrected chi connectivity index (χ2v) is 4.28. The minimum Gasteiger partial charge on any atom is -0.477 e. The van der Waals surface area contributed by atoms with Crippen molar-refractivity contribution in [3.05, 3.63) is 0 Å². The Kier molecular flexibility index (Phi) is 5.56. The number of rotatable bonds is 6. The van der Waals surface area contributed by atoms with E-state index in [2.05, 4.69) is 10.1 Å². The topological polar surface area (TPSA) is 119 Å². The van der Waals surface area contributed by atoms with Gasteiger partial charge in [0.1, 0.15) is 6.10 Å². The predicted molar refractivity (Wildman–Crippen MR) is 57.6 cm³/mol. The standard InChI is InChI=1S/C10H17F2NO6/c11-7-3-5(13-4-15)8(6(16)1-2-14)19-10(7,12)9(17)18/h5-8,13-16H,1-4H2,(H,17,18). The molecule has 0 aromatic carbocycles. The van der Waals surface area contributed by atoms with Gasteiger partial charge in [-0.25, -0.2) is 9.18 Å². The highest BCUT2D eigenvalue weighted by molar-refractivity contribution is 5.76. The maximum absolute atomic E-state index is 13.9. The fourth-order valence-electron chi connectivity index (χ4n) is 2.01. The van der Waals surface area contributed by atoms with Crippen molar-refractivity contribution in [2.24, 2.45) is 0 Å². The smallest absolute Gasteiger partial charge is 0.372 e. The van der Waals surface area contributed by atoms with Crippen LogP contribution in [0.3, 0.4) is 0 Å². The zero-order valence-electron chi connectivity index (χ0n) is 10.00. The molecule has 0 amide bonds. The molecular weight excluding hydrogens is 268 g/mol. The van der Waals surface area contributed by atoms with Gasteiger partial charge in [-0.15, -0.1) is 0 Å². The Morgan fingerprint density at radius 2 is 2.16 bits per heavy atom. The van der Waals surface area contributed by atoms with Crippen LogP contribution in [0.4, 0.5) is 8.78 Å². The summed E-state index contributed by atoms with van der Waals surface area (Å²) in [5, 5.41) is 38.2. The third kappa shape index (κ3) is 3.37. The van der Waals surface area contributed by atoms with Gasteiger partial charge in [0.05, 0.1) is 12.8 Å². The van der Waals surface area contributed by atoms with Crippen LogP contribution in [0.2, 0.25) is 0 Å². The van der Waals surface area contributed by atoms with E-state index in [1.165, 1.54) is 0 Å². The van der Waals surface area contributed by atoms with Gasteiger partial charge in [-0.1, -0.05) is 0 Å². The molecule has 1 aliphatic heterocycles. The number of nitrogens with one attached hydrogen (secondary N) is 1. The Morgan fingerprint density at radius 3 is 2.63 bits per heavy atom. The molecule has 0 aromatic rings. The maximum atomic E-state index is 13.9. The number of hydrogen-bond donors (Lipinski definition) is 5. The molecule has 5 N–H and O–H groups in total. The molecule has 9 heteroatoms. The lowest BCUT2D eigenvalue weighted by Gasteiger charge is -2.41. The third-order valence-corrected chi connectivity index (χ3v) is 3.02. The summed E-state index contributed by atoms with van der Waals surface area (Å²) >= 11 is 0. The number of carbonyl (C=O) groups is 1. The van der Waals surface area contributed by atoms with E-state index >= 15 is 0 Å². The molecule has 0 aromatic heterocycles. The molecule has 0 bridgehead atoms. The van der Waals surface area contributed by atoms with Crippen LogP contribution in [0.25, 0.3) is 0 Å². The largest absolute Gasteiger partial charge is 0.477 e. The molecule has 0 spiro atoms. The molecular formula is C10H17F2NO6. The third-order valence-electron chi connectivity index (χ3n) is 3.02. The van der Waals surface area contributed by atoms with E-state index in [0.717, 1.165) is 0 Å². The monoisotopic (exact) mass is 285 g/mol. The Morgan fingerprint density at radius 1 is 1.53 bits per heavy atom. The second-order valence-electron chi connectivity index (χ2n) is 4.28. The molecule has 1 rings (SSSR count). The van der Waals surface area contributed by atoms with Crippen molar-refractivity contribution >= 4 is 5.97 Å². The Labute approximate surface area is 107 Å². The molecule has 19 heavy (non-hydrogen) atoms. The van der Waals surface area contributed by atoms with E-state index in [9.17, 15) is 18.7 Å². The highest BCUT2D eigenvalue weighted by atomic mass is 19.2. The highest BCUT2D eigenvalue weighted by Gasteiger charge is 2.57. The van der Waals surface area contributed by atoms with Crippen molar-refractivity contribution < 1.29 is 38.7 Å². The van der Waals surface area contributed by atoms with E-state index in [0.29, 0.717) is 0 Å². The summed E-state index contributed by atoms with van der Waals surface area (Å²) in [5.41, 5.74) is 0. The summed E-state index contributed by atoms with van der Waals surface area (Å²) in [6, 6.07) is -0.968. The number of ether oxygens (including phenoxy) is 1. The molecule has 1 aliphatic rings. The van der Waals surface area contributed by atoms with Crippen LogP contribution in [0.1, 0.15) is 12.8 Å². The van der Waals surface area contributed by atoms with Gasteiger partial charge in [0, 0.05) is 19.1 Å². The van der Waals surface area contributed by atoms with E-state index in [-0.39, 0.29) is 6.42 Å². The molecule has 0 radical (unpaired) electrons. The zero-order chi connectivity index (χ0) is 14.6. The van der Waals surface area contributed by atoms with E-state index < -0.39 is 56.0 Å². The minimum absolute atomic E-state index is 0.194. The number of halogens is 2. The number of aliphatic hydroxyl groups excluding tert-OH is 3. The number of carboxylic acid groups (broad SMARTS) is 1. The summed E-state index contributed by atoms with van der Waals surface area (Å²) < 4.78 is 32.0. The first-order valence-corrected chi connectivity index (χ1v) is 5.74. The molecule has 0 aliphatic carbocycles. The number of hydrogen-bond acceptors (Lipinski definition) is 6. The number of aliphatic hydroxyl groups is 3. The molecule has 112 valence electrons. The predicted octanol–water partition coefficient (Wildman–Crippen LogP) is -1.48. The zero-order valence-corrected chi connectivity index (χ0v) is 10.00. The number of carboxylic acids is 1. The van der Waals surface area contributed by atoms with Crippen LogP contribution in [0, 0.1) is 0 Å². The average Bonchev–Trinajstić information content (AvgIpc) is 2.34. The molecule has 1 heterocycles. The van der Waals surface area contributed by atoms with E-state index in [1.807, 2.05) is 0 Å². The quantitative estimate of drug-likeness (QED) is 0.377. The van der Waals surface area contributed by atoms with Crippen LogP contribution in [0.15, 0.2) is 0 Å². The van der Waals surface area contributed by atoms with Crippen molar-refractivity contribution in [2.75, 3.05) is 13.3 Å². The lowest BCUT2D eigenvalue weighted by atomic mass is 9.91. The van der Waals surface area contributed by atoms with Gasteiger partial charge in [-0.05, 0) is 6.42 Å². The van der Waals surface area contributed by atoms with Gasteiger partial charge in [-0.2, -0.15) is 4.39 Å². The minimum atomic E-state index is -3.55. The SMILES string of the molecule is O=C(O)C1(F)OC(C(O)CCO)C(NCO)CC1F. The first-order valence-electron chi connectivity index (χ1n) is 5.74. The highest BCUT2D eigenvalue weighted by Crippen LogP contribution is 2.35. The summed E-state index contributed by atoms with van der Waals surface area (Å²) in [6.07, 6.45) is -6.01. The van der Waals surface area contributed by atoms with Crippen LogP contribution in [0.5, 0.6) is 0 Å². The molecule has 5 unspecified atom stereocenters. The summed E-state index contributed by atoms with van der Waals surface area (Å²) in [5.74, 6) is -5.67. The van der Waals surface area contributed by atoms with Crippen molar-refractivity contribution in [1.29, 1.82) is 0 Å². The normalized spacial score (nSPS) is 37.0. The molecule has 1 saturated heterocycles. The number of alkyl halides is 2. The van der Waals surface area contributed by atoms with Crippen molar-refractivity contribution in [3.63, 3.8) is 0 Å². The molecule has 1 fully saturated rings. The summed E-state index contributed by atoms with van der Waals surface area (Å²) in [6.45, 7) is -1.01. The van der Waals surface area contributed by atoms with Gasteiger partial charge in [0.2, 0.25) is 0 Å². The first kappa shape index (κ1) is 16.2. The van der Waals surface area contributed by atoms with Crippen molar-refractivity contribution in [2.45, 2.75) is 43.1 Å². The van der Waals surface area contributed by atoms with Crippen molar-refractivity contribution in [1.82, 2.24) is 5.32 Å². The van der Waals surface area contributed by atoms with Gasteiger partial charge in [0.15, 0.2) is 6.17 Å². The Bertz CT molecular complexity index is 320. The lowest BCUT2D eigenvalue weighted by Crippen LogP contribution is -2.62. The van der Waals surface area contributed by atoms with Gasteiger partial charge >= 0.3 is 11.8 Å². The van der Waals surface area contributed by atoms with Crippen molar-refractivity contribution in [3.8, 4) is 0 Å². The number of aliphatic carboxylic acids is 1. The fraction of sp³-hybridized carbons (Fsp3) is 0.900. The molecule has 5 atom stereocenters. The van der Waals surface area contributed by atoms with Gasteiger partial charge in [-0.3, -0.25) is 5.32 Å². The van der Waals surface area contributed by atoms with Crippen LogP contribution >= 0.6 is 0 Å². The second kappa shape index (κ2) is 6.53. The van der Waals surface area contributed by atoms with Gasteiger partial charge < -0.3 is 25.2 Å². The Hall–Kier alpha value is -0.870. The van der Waals surface area contributed by atoms with Crippen LogP contribution in [-0.2, 0) is 9.53 Å². The average molecular weight is 285 g/mol. The van der Waals surface area contributed by atoms with E-state index in [4.69, 9.17) is 15.3 Å². The van der Waals surface area contributed by atoms with Gasteiger partial charge in [0.25, 0.3) is 0 Å². The Balaban J connectivity index is 2.91. The lowest BCUT2D eigenvalue weighted by molar-refractivity contribution is -0.267. The fourth-order valence-corrected chi connectivity index (χ4v) is 2.01. The van der Waals surface area contributed by atoms with E-state index in [1.54, 1.807) is 0 Å². The molecule has 0 saturated carbocycles.